The van der Waals surface area contributed by atoms with E-state index in [0.29, 0.717) is 0 Å². The fraction of sp³-hybridized carbons (Fsp3) is 0. The molecule has 3 aliphatic rings. The summed E-state index contributed by atoms with van der Waals surface area (Å²) >= 11 is 0. The van der Waals surface area contributed by atoms with Crippen molar-refractivity contribution >= 4 is 117 Å². The smallest absolute Gasteiger partial charge is 0.249 e. The van der Waals surface area contributed by atoms with Crippen LogP contribution in [0.4, 0.5) is 17.1 Å². The van der Waals surface area contributed by atoms with Crippen molar-refractivity contribution in [3.8, 4) is 16.8 Å². The number of nitrogens with zero attached hydrogens (tertiary/aromatic N) is 2. The summed E-state index contributed by atoms with van der Waals surface area (Å²) in [5.41, 5.74) is 18.7. The summed E-state index contributed by atoms with van der Waals surface area (Å²) in [5.74, 6) is 0. The fourth-order valence-corrected chi connectivity index (χ4v) is 11.5. The SMILES string of the molecule is c1ccc(B2c3c(c4cccc5c6c(c7cccc3c7c54)B3c4ccccc4-c4cccc(c43)N6c3ccccc3)-n3c4ccccc4c4cccc2c43)cc1. The number of benzene rings is 10. The van der Waals surface area contributed by atoms with Gasteiger partial charge in [0.25, 0.3) is 0 Å². The summed E-state index contributed by atoms with van der Waals surface area (Å²) in [6.07, 6.45) is 0. The number of hydrogen-bond donors (Lipinski definition) is 0. The predicted molar refractivity (Wildman–Crippen MR) is 240 cm³/mol. The molecule has 0 bridgehead atoms. The third kappa shape index (κ3) is 3.40. The van der Waals surface area contributed by atoms with Gasteiger partial charge >= 0.3 is 0 Å². The van der Waals surface area contributed by atoms with Crippen molar-refractivity contribution in [2.75, 3.05) is 4.90 Å². The molecule has 14 rings (SSSR count). The van der Waals surface area contributed by atoms with Crippen LogP contribution in [0.2, 0.25) is 0 Å². The second kappa shape index (κ2) is 10.4. The van der Waals surface area contributed by atoms with Gasteiger partial charge in [-0.05, 0) is 73.4 Å². The van der Waals surface area contributed by atoms with Crippen LogP contribution >= 0.6 is 0 Å². The normalized spacial score (nSPS) is 13.6. The van der Waals surface area contributed by atoms with Gasteiger partial charge in [0, 0.05) is 55.2 Å². The molecule has 0 radical (unpaired) electrons. The van der Waals surface area contributed by atoms with E-state index in [0.717, 1.165) is 0 Å². The van der Waals surface area contributed by atoms with Crippen LogP contribution in [0.3, 0.4) is 0 Å². The maximum Gasteiger partial charge on any atom is 0.249 e. The van der Waals surface area contributed by atoms with Crippen LogP contribution in [-0.2, 0) is 0 Å². The van der Waals surface area contributed by atoms with Gasteiger partial charge in [0.15, 0.2) is 0 Å². The summed E-state index contributed by atoms with van der Waals surface area (Å²) in [6, 6.07) is 68.6. The molecule has 4 heterocycles. The standard InChI is InChI=1S/C52H30B2N2/c1-3-15-31(16-4-1)53-42-28-13-22-36-34-20-8-10-29-43(34)56(50(36)42)52-40-26-12-25-39-46(40)45-37(48(52)53)23-11-24-38(45)49-51(39)55(32-17-5-2-6-18-32)44-30-14-21-35-33-19-7-9-27-41(33)54(49)47(35)44/h1-30H. The molecule has 0 aliphatic carbocycles. The Labute approximate surface area is 324 Å². The molecule has 0 saturated carbocycles. The molecule has 0 unspecified atom stereocenters. The van der Waals surface area contributed by atoms with Gasteiger partial charge < -0.3 is 9.47 Å². The van der Waals surface area contributed by atoms with E-state index in [1.54, 1.807) is 0 Å². The van der Waals surface area contributed by atoms with E-state index in [1.807, 2.05) is 0 Å². The minimum absolute atomic E-state index is 0.0668. The Morgan fingerprint density at radius 3 is 1.77 bits per heavy atom. The lowest BCUT2D eigenvalue weighted by Gasteiger charge is -2.39. The Balaban J connectivity index is 1.24. The predicted octanol–water partition coefficient (Wildman–Crippen LogP) is 8.79. The molecule has 0 amide bonds. The van der Waals surface area contributed by atoms with E-state index in [4.69, 9.17) is 0 Å². The van der Waals surface area contributed by atoms with Crippen molar-refractivity contribution < 1.29 is 0 Å². The van der Waals surface area contributed by atoms with Crippen LogP contribution in [0.25, 0.3) is 70.9 Å². The molecule has 11 aromatic rings. The molecule has 56 heavy (non-hydrogen) atoms. The van der Waals surface area contributed by atoms with Gasteiger partial charge in [-0.2, -0.15) is 0 Å². The molecule has 254 valence electrons. The van der Waals surface area contributed by atoms with Crippen molar-refractivity contribution in [1.82, 2.24) is 4.57 Å². The quantitative estimate of drug-likeness (QED) is 0.129. The summed E-state index contributed by atoms with van der Waals surface area (Å²) in [4.78, 5) is 2.58. The first-order chi connectivity index (χ1) is 27.9. The van der Waals surface area contributed by atoms with Gasteiger partial charge in [0.05, 0.1) is 5.52 Å². The molecule has 0 saturated heterocycles. The number of anilines is 3. The topological polar surface area (TPSA) is 8.17 Å². The van der Waals surface area contributed by atoms with Gasteiger partial charge in [-0.15, -0.1) is 0 Å². The third-order valence-electron chi connectivity index (χ3n) is 13.4. The molecular formula is C52H30B2N2. The zero-order chi connectivity index (χ0) is 36.2. The van der Waals surface area contributed by atoms with E-state index < -0.39 is 0 Å². The highest BCUT2D eigenvalue weighted by Crippen LogP contribution is 2.49. The van der Waals surface area contributed by atoms with Gasteiger partial charge in [0.2, 0.25) is 13.4 Å². The van der Waals surface area contributed by atoms with Crippen molar-refractivity contribution in [2.24, 2.45) is 0 Å². The Morgan fingerprint density at radius 2 is 0.929 bits per heavy atom. The first-order valence-electron chi connectivity index (χ1n) is 19.8. The van der Waals surface area contributed by atoms with Crippen LogP contribution in [-0.4, -0.2) is 18.0 Å². The zero-order valence-electron chi connectivity index (χ0n) is 30.4. The lowest BCUT2D eigenvalue weighted by atomic mass is 9.34. The van der Waals surface area contributed by atoms with E-state index in [1.165, 1.54) is 121 Å². The lowest BCUT2D eigenvalue weighted by molar-refractivity contribution is 1.21. The van der Waals surface area contributed by atoms with Gasteiger partial charge in [-0.3, -0.25) is 0 Å². The average molecular weight is 704 g/mol. The summed E-state index contributed by atoms with van der Waals surface area (Å²) < 4.78 is 2.62. The van der Waals surface area contributed by atoms with Gasteiger partial charge in [0.1, 0.15) is 0 Å². The highest BCUT2D eigenvalue weighted by Gasteiger charge is 2.45. The van der Waals surface area contributed by atoms with Gasteiger partial charge in [-0.25, -0.2) is 0 Å². The number of aromatic nitrogens is 1. The molecule has 3 aliphatic heterocycles. The van der Waals surface area contributed by atoms with Crippen molar-refractivity contribution in [1.29, 1.82) is 0 Å². The molecule has 2 nitrogen and oxygen atoms in total. The second-order valence-electron chi connectivity index (χ2n) is 15.9. The minimum Gasteiger partial charge on any atom is -0.311 e. The second-order valence-corrected chi connectivity index (χ2v) is 15.9. The molecule has 4 heteroatoms. The largest absolute Gasteiger partial charge is 0.311 e. The van der Waals surface area contributed by atoms with Crippen LogP contribution in [0, 0.1) is 0 Å². The molecule has 0 atom stereocenters. The zero-order valence-corrected chi connectivity index (χ0v) is 30.4. The van der Waals surface area contributed by atoms with Crippen LogP contribution in [0.1, 0.15) is 0 Å². The molecule has 0 N–H and O–H groups in total. The number of para-hydroxylation sites is 3. The first kappa shape index (κ1) is 29.3. The lowest BCUT2D eigenvalue weighted by Crippen LogP contribution is -2.56. The Kier molecular flexibility index (Phi) is 5.44. The maximum absolute atomic E-state index is 2.62. The number of fused-ring (bicyclic) bond motifs is 14. The van der Waals surface area contributed by atoms with E-state index in [9.17, 15) is 0 Å². The van der Waals surface area contributed by atoms with Crippen molar-refractivity contribution in [2.45, 2.75) is 0 Å². The fourth-order valence-electron chi connectivity index (χ4n) is 11.5. The Bertz CT molecular complexity index is 3500. The van der Waals surface area contributed by atoms with Gasteiger partial charge in [-0.1, -0.05) is 169 Å². The average Bonchev–Trinajstić information content (AvgIpc) is 3.79. The highest BCUT2D eigenvalue weighted by molar-refractivity contribution is 7.03. The number of rotatable bonds is 2. The summed E-state index contributed by atoms with van der Waals surface area (Å²) in [5, 5.41) is 10.6. The first-order valence-corrected chi connectivity index (χ1v) is 19.8. The maximum atomic E-state index is 2.62. The third-order valence-corrected chi connectivity index (χ3v) is 13.4. The molecular weight excluding hydrogens is 674 g/mol. The highest BCUT2D eigenvalue weighted by atomic mass is 15.2. The van der Waals surface area contributed by atoms with Crippen LogP contribution in [0.15, 0.2) is 182 Å². The Hall–Kier alpha value is -7.03. The molecule has 0 spiro atoms. The molecule has 10 aromatic carbocycles. The van der Waals surface area contributed by atoms with Crippen molar-refractivity contribution in [3.05, 3.63) is 182 Å². The summed E-state index contributed by atoms with van der Waals surface area (Å²) in [6.45, 7) is 0.188. The Morgan fingerprint density at radius 1 is 0.357 bits per heavy atom. The van der Waals surface area contributed by atoms with Crippen LogP contribution < -0.4 is 37.7 Å². The van der Waals surface area contributed by atoms with E-state index >= 15 is 0 Å². The minimum atomic E-state index is 0.0668. The van der Waals surface area contributed by atoms with Crippen LogP contribution in [0.5, 0.6) is 0 Å². The molecule has 0 fully saturated rings. The number of hydrogen-bond acceptors (Lipinski definition) is 1. The monoisotopic (exact) mass is 704 g/mol. The van der Waals surface area contributed by atoms with E-state index in [-0.39, 0.29) is 13.4 Å². The van der Waals surface area contributed by atoms with Crippen molar-refractivity contribution in [3.63, 3.8) is 0 Å². The van der Waals surface area contributed by atoms with E-state index in [2.05, 4.69) is 191 Å². The molecule has 1 aromatic heterocycles. The summed E-state index contributed by atoms with van der Waals surface area (Å²) in [7, 11) is 0.